The molecule has 96 valence electrons. The maximum absolute atomic E-state index is 3.50. The van der Waals surface area contributed by atoms with Crippen molar-refractivity contribution in [1.82, 2.24) is 5.32 Å². The molecule has 0 aliphatic heterocycles. The highest BCUT2D eigenvalue weighted by molar-refractivity contribution is 5.22. The predicted octanol–water partition coefficient (Wildman–Crippen LogP) is 4.16. The minimum atomic E-state index is 0.744. The zero-order valence-corrected chi connectivity index (χ0v) is 11.6. The van der Waals surface area contributed by atoms with Gasteiger partial charge in [0.25, 0.3) is 0 Å². The summed E-state index contributed by atoms with van der Waals surface area (Å²) in [6, 6.07) is 9.04. The molecule has 1 heteroatoms. The van der Waals surface area contributed by atoms with Crippen molar-refractivity contribution in [3.63, 3.8) is 0 Å². The van der Waals surface area contributed by atoms with Gasteiger partial charge in [0.15, 0.2) is 0 Å². The van der Waals surface area contributed by atoms with Gasteiger partial charge in [-0.05, 0) is 36.4 Å². The standard InChI is InChI=1S/C16H27N/c1-4-5-6-11-17-13-16-9-7-15(8-10-16)12-14(2)3/h7-10,14,17H,4-6,11-13H2,1-3H3. The van der Waals surface area contributed by atoms with Gasteiger partial charge < -0.3 is 5.32 Å². The summed E-state index contributed by atoms with van der Waals surface area (Å²) in [7, 11) is 0. The van der Waals surface area contributed by atoms with Crippen molar-refractivity contribution in [2.45, 2.75) is 53.0 Å². The summed E-state index contributed by atoms with van der Waals surface area (Å²) in [4.78, 5) is 0. The molecule has 1 nitrogen and oxygen atoms in total. The van der Waals surface area contributed by atoms with Crippen LogP contribution < -0.4 is 5.32 Å². The number of nitrogens with one attached hydrogen (secondary N) is 1. The van der Waals surface area contributed by atoms with Crippen LogP contribution in [0.25, 0.3) is 0 Å². The first-order valence-corrected chi connectivity index (χ1v) is 7.01. The van der Waals surface area contributed by atoms with Crippen LogP contribution in [0.15, 0.2) is 24.3 Å². The lowest BCUT2D eigenvalue weighted by Crippen LogP contribution is -2.14. The molecule has 1 N–H and O–H groups in total. The van der Waals surface area contributed by atoms with Crippen LogP contribution in [0.2, 0.25) is 0 Å². The smallest absolute Gasteiger partial charge is 0.0205 e. The highest BCUT2D eigenvalue weighted by Gasteiger charge is 1.98. The Bertz CT molecular complexity index is 287. The Balaban J connectivity index is 2.25. The van der Waals surface area contributed by atoms with Crippen molar-refractivity contribution in [3.8, 4) is 0 Å². The van der Waals surface area contributed by atoms with E-state index in [0.717, 1.165) is 19.0 Å². The van der Waals surface area contributed by atoms with Crippen LogP contribution in [0.3, 0.4) is 0 Å². The lowest BCUT2D eigenvalue weighted by Gasteiger charge is -2.07. The van der Waals surface area contributed by atoms with E-state index in [1.165, 1.54) is 36.8 Å². The highest BCUT2D eigenvalue weighted by Crippen LogP contribution is 2.09. The van der Waals surface area contributed by atoms with Gasteiger partial charge in [-0.25, -0.2) is 0 Å². The summed E-state index contributed by atoms with van der Waals surface area (Å²) in [5.74, 6) is 0.744. The van der Waals surface area contributed by atoms with E-state index >= 15 is 0 Å². The minimum absolute atomic E-state index is 0.744. The van der Waals surface area contributed by atoms with Crippen molar-refractivity contribution in [2.75, 3.05) is 6.54 Å². The van der Waals surface area contributed by atoms with Gasteiger partial charge in [-0.3, -0.25) is 0 Å². The van der Waals surface area contributed by atoms with E-state index in [0.29, 0.717) is 0 Å². The van der Waals surface area contributed by atoms with E-state index in [-0.39, 0.29) is 0 Å². The zero-order chi connectivity index (χ0) is 12.5. The third-order valence-electron chi connectivity index (χ3n) is 2.95. The summed E-state index contributed by atoms with van der Waals surface area (Å²) in [5.41, 5.74) is 2.85. The second-order valence-electron chi connectivity index (χ2n) is 5.30. The maximum atomic E-state index is 3.50. The molecule has 0 unspecified atom stereocenters. The molecule has 0 saturated carbocycles. The van der Waals surface area contributed by atoms with E-state index in [2.05, 4.69) is 50.4 Å². The van der Waals surface area contributed by atoms with E-state index in [9.17, 15) is 0 Å². The van der Waals surface area contributed by atoms with E-state index in [1.54, 1.807) is 0 Å². The molecule has 0 fully saturated rings. The topological polar surface area (TPSA) is 12.0 Å². The summed E-state index contributed by atoms with van der Waals surface area (Å²) >= 11 is 0. The predicted molar refractivity (Wildman–Crippen MR) is 76.2 cm³/mol. The fraction of sp³-hybridized carbons (Fsp3) is 0.625. The molecule has 0 aliphatic rings. The molecule has 0 atom stereocenters. The first kappa shape index (κ1) is 14.2. The van der Waals surface area contributed by atoms with Crippen LogP contribution in [0.5, 0.6) is 0 Å². The molecule has 0 aromatic heterocycles. The third-order valence-corrected chi connectivity index (χ3v) is 2.95. The molecular formula is C16H27N. The second-order valence-corrected chi connectivity index (χ2v) is 5.30. The van der Waals surface area contributed by atoms with Gasteiger partial charge in [0.05, 0.1) is 0 Å². The Kier molecular flexibility index (Phi) is 6.95. The summed E-state index contributed by atoms with van der Waals surface area (Å²) in [5, 5.41) is 3.50. The fourth-order valence-electron chi connectivity index (χ4n) is 2.00. The first-order valence-electron chi connectivity index (χ1n) is 7.01. The van der Waals surface area contributed by atoms with Gasteiger partial charge in [0.2, 0.25) is 0 Å². The molecule has 0 bridgehead atoms. The Morgan fingerprint density at radius 1 is 1.00 bits per heavy atom. The van der Waals surface area contributed by atoms with Crippen LogP contribution in [-0.2, 0) is 13.0 Å². The molecule has 0 spiro atoms. The molecule has 0 radical (unpaired) electrons. The van der Waals surface area contributed by atoms with Crippen LogP contribution in [0, 0.1) is 5.92 Å². The van der Waals surface area contributed by atoms with Gasteiger partial charge in [-0.15, -0.1) is 0 Å². The van der Waals surface area contributed by atoms with E-state index < -0.39 is 0 Å². The Labute approximate surface area is 107 Å². The number of rotatable bonds is 8. The van der Waals surface area contributed by atoms with Gasteiger partial charge in [-0.2, -0.15) is 0 Å². The Morgan fingerprint density at radius 2 is 1.65 bits per heavy atom. The molecule has 17 heavy (non-hydrogen) atoms. The SMILES string of the molecule is CCCCCNCc1ccc(CC(C)C)cc1. The average molecular weight is 233 g/mol. The maximum Gasteiger partial charge on any atom is 0.0205 e. The summed E-state index contributed by atoms with van der Waals surface area (Å²) in [6.45, 7) is 8.92. The number of unbranched alkanes of at least 4 members (excludes halogenated alkanes) is 2. The molecule has 0 heterocycles. The number of benzene rings is 1. The minimum Gasteiger partial charge on any atom is -0.313 e. The molecule has 0 aliphatic carbocycles. The van der Waals surface area contributed by atoms with E-state index in [1.807, 2.05) is 0 Å². The Morgan fingerprint density at radius 3 is 2.24 bits per heavy atom. The molecule has 0 amide bonds. The summed E-state index contributed by atoms with van der Waals surface area (Å²) in [6.07, 6.45) is 5.11. The number of hydrogen-bond donors (Lipinski definition) is 1. The van der Waals surface area contributed by atoms with Gasteiger partial charge in [0, 0.05) is 6.54 Å². The quantitative estimate of drug-likeness (QED) is 0.665. The third kappa shape index (κ3) is 6.48. The zero-order valence-electron chi connectivity index (χ0n) is 11.6. The van der Waals surface area contributed by atoms with Crippen molar-refractivity contribution in [2.24, 2.45) is 5.92 Å². The number of hydrogen-bond acceptors (Lipinski definition) is 1. The molecule has 1 rings (SSSR count). The van der Waals surface area contributed by atoms with E-state index in [4.69, 9.17) is 0 Å². The fourth-order valence-corrected chi connectivity index (χ4v) is 2.00. The van der Waals surface area contributed by atoms with Crippen LogP contribution >= 0.6 is 0 Å². The first-order chi connectivity index (χ1) is 8.22. The monoisotopic (exact) mass is 233 g/mol. The van der Waals surface area contributed by atoms with Crippen molar-refractivity contribution >= 4 is 0 Å². The van der Waals surface area contributed by atoms with Crippen molar-refractivity contribution in [3.05, 3.63) is 35.4 Å². The van der Waals surface area contributed by atoms with Gasteiger partial charge in [-0.1, -0.05) is 57.9 Å². The molecule has 0 saturated heterocycles. The van der Waals surface area contributed by atoms with Gasteiger partial charge in [0.1, 0.15) is 0 Å². The lowest BCUT2D eigenvalue weighted by molar-refractivity contribution is 0.616. The van der Waals surface area contributed by atoms with Crippen LogP contribution in [0.1, 0.15) is 51.2 Å². The molecule has 1 aromatic rings. The molecule has 1 aromatic carbocycles. The van der Waals surface area contributed by atoms with Crippen molar-refractivity contribution < 1.29 is 0 Å². The second kappa shape index (κ2) is 8.30. The van der Waals surface area contributed by atoms with Gasteiger partial charge >= 0.3 is 0 Å². The van der Waals surface area contributed by atoms with Crippen LogP contribution in [-0.4, -0.2) is 6.54 Å². The molecular weight excluding hydrogens is 206 g/mol. The average Bonchev–Trinajstić information content (AvgIpc) is 2.30. The Hall–Kier alpha value is -0.820. The lowest BCUT2D eigenvalue weighted by atomic mass is 10.0. The van der Waals surface area contributed by atoms with Crippen LogP contribution in [0.4, 0.5) is 0 Å². The largest absolute Gasteiger partial charge is 0.313 e. The summed E-state index contributed by atoms with van der Waals surface area (Å²) < 4.78 is 0. The van der Waals surface area contributed by atoms with Crippen molar-refractivity contribution in [1.29, 1.82) is 0 Å². The highest BCUT2D eigenvalue weighted by atomic mass is 14.8. The normalized spacial score (nSPS) is 11.1.